The first kappa shape index (κ1) is 9.24. The highest BCUT2D eigenvalue weighted by molar-refractivity contribution is 6.30. The molecule has 2 rings (SSSR count). The molecule has 1 atom stereocenters. The molecule has 0 bridgehead atoms. The Morgan fingerprint density at radius 2 is 1.93 bits per heavy atom. The van der Waals surface area contributed by atoms with E-state index in [4.69, 9.17) is 17.3 Å². The number of halogens is 1. The number of rotatable bonds is 2. The molecule has 1 aromatic heterocycles. The molecule has 0 fully saturated rings. The van der Waals surface area contributed by atoms with Gasteiger partial charge in [0.1, 0.15) is 0 Å². The zero-order valence-corrected chi connectivity index (χ0v) is 8.20. The highest BCUT2D eigenvalue weighted by Gasteiger charge is 2.08. The fraction of sp³-hybridized carbons (Fsp3) is 0.100. The van der Waals surface area contributed by atoms with Crippen molar-refractivity contribution in [2.45, 2.75) is 6.04 Å². The minimum absolute atomic E-state index is 0.147. The van der Waals surface area contributed by atoms with Crippen LogP contribution < -0.4 is 5.73 Å². The summed E-state index contributed by atoms with van der Waals surface area (Å²) in [6, 6.07) is 7.35. The van der Waals surface area contributed by atoms with Crippen molar-refractivity contribution >= 4 is 11.6 Å². The Kier molecular flexibility index (Phi) is 2.52. The van der Waals surface area contributed by atoms with Crippen molar-refractivity contribution in [2.75, 3.05) is 0 Å². The maximum atomic E-state index is 6.01. The maximum Gasteiger partial charge on any atom is 0.0582 e. The molecule has 0 amide bonds. The van der Waals surface area contributed by atoms with E-state index in [1.807, 2.05) is 24.3 Å². The average Bonchev–Trinajstić information content (AvgIpc) is 2.71. The molecule has 14 heavy (non-hydrogen) atoms. The first-order valence-corrected chi connectivity index (χ1v) is 4.65. The van der Waals surface area contributed by atoms with Crippen molar-refractivity contribution in [3.8, 4) is 0 Å². The van der Waals surface area contributed by atoms with Crippen LogP contribution in [0.2, 0.25) is 5.02 Å². The molecule has 3 N–H and O–H groups in total. The van der Waals surface area contributed by atoms with E-state index in [-0.39, 0.29) is 6.04 Å². The number of benzene rings is 1. The van der Waals surface area contributed by atoms with E-state index in [2.05, 4.69) is 10.2 Å². The van der Waals surface area contributed by atoms with Gasteiger partial charge >= 0.3 is 0 Å². The van der Waals surface area contributed by atoms with Gasteiger partial charge in [0.2, 0.25) is 0 Å². The van der Waals surface area contributed by atoms with Crippen LogP contribution in [0.25, 0.3) is 0 Å². The molecule has 0 aliphatic heterocycles. The molecule has 0 saturated heterocycles. The standard InChI is InChI=1S/C10H10ClN3/c11-9-3-1-7(2-4-9)10(12)8-5-13-14-6-8/h1-6,10H,12H2,(H,13,14). The van der Waals surface area contributed by atoms with E-state index >= 15 is 0 Å². The predicted octanol–water partition coefficient (Wildman–Crippen LogP) is 2.11. The Bertz CT molecular complexity index is 394. The average molecular weight is 208 g/mol. The first-order chi connectivity index (χ1) is 6.77. The second kappa shape index (κ2) is 3.82. The third-order valence-electron chi connectivity index (χ3n) is 2.11. The molecular weight excluding hydrogens is 198 g/mol. The highest BCUT2D eigenvalue weighted by atomic mass is 35.5. The van der Waals surface area contributed by atoms with E-state index in [0.717, 1.165) is 11.1 Å². The van der Waals surface area contributed by atoms with Crippen molar-refractivity contribution in [2.24, 2.45) is 5.73 Å². The summed E-state index contributed by atoms with van der Waals surface area (Å²) in [6.45, 7) is 0. The summed E-state index contributed by atoms with van der Waals surface area (Å²) in [7, 11) is 0. The van der Waals surface area contributed by atoms with Gasteiger partial charge in [-0.25, -0.2) is 0 Å². The van der Waals surface area contributed by atoms with Crippen LogP contribution in [0, 0.1) is 0 Å². The summed E-state index contributed by atoms with van der Waals surface area (Å²) in [6.07, 6.45) is 3.51. The molecule has 1 unspecified atom stereocenters. The molecule has 0 aliphatic rings. The van der Waals surface area contributed by atoms with Crippen molar-refractivity contribution in [1.82, 2.24) is 10.2 Å². The largest absolute Gasteiger partial charge is 0.320 e. The van der Waals surface area contributed by atoms with Crippen LogP contribution in [-0.4, -0.2) is 10.2 Å². The van der Waals surface area contributed by atoms with E-state index in [1.54, 1.807) is 12.4 Å². The molecule has 4 heteroatoms. The van der Waals surface area contributed by atoms with Crippen LogP contribution >= 0.6 is 11.6 Å². The van der Waals surface area contributed by atoms with Gasteiger partial charge in [-0.15, -0.1) is 0 Å². The topological polar surface area (TPSA) is 54.7 Å². The smallest absolute Gasteiger partial charge is 0.0582 e. The Balaban J connectivity index is 2.28. The van der Waals surface area contributed by atoms with E-state index in [0.29, 0.717) is 5.02 Å². The number of aromatic nitrogens is 2. The van der Waals surface area contributed by atoms with E-state index in [1.165, 1.54) is 0 Å². The van der Waals surface area contributed by atoms with Gasteiger partial charge < -0.3 is 5.73 Å². The molecule has 0 aliphatic carbocycles. The van der Waals surface area contributed by atoms with Gasteiger partial charge in [0.15, 0.2) is 0 Å². The number of nitrogens with one attached hydrogen (secondary N) is 1. The van der Waals surface area contributed by atoms with Gasteiger partial charge in [-0.05, 0) is 17.7 Å². The monoisotopic (exact) mass is 207 g/mol. The van der Waals surface area contributed by atoms with Gasteiger partial charge in [-0.1, -0.05) is 23.7 Å². The number of H-pyrrole nitrogens is 1. The normalized spacial score (nSPS) is 12.7. The number of nitrogens with two attached hydrogens (primary N) is 1. The number of nitrogens with zero attached hydrogens (tertiary/aromatic N) is 1. The molecular formula is C10H10ClN3. The van der Waals surface area contributed by atoms with Gasteiger partial charge in [0.05, 0.1) is 12.2 Å². The van der Waals surface area contributed by atoms with Gasteiger partial charge in [-0.3, -0.25) is 5.10 Å². The lowest BCUT2D eigenvalue weighted by Gasteiger charge is -2.09. The van der Waals surface area contributed by atoms with Gasteiger partial charge in [0.25, 0.3) is 0 Å². The fourth-order valence-corrected chi connectivity index (χ4v) is 1.42. The minimum atomic E-state index is -0.147. The summed E-state index contributed by atoms with van der Waals surface area (Å²) in [5.41, 5.74) is 8.00. The molecule has 2 aromatic rings. The molecule has 3 nitrogen and oxygen atoms in total. The third-order valence-corrected chi connectivity index (χ3v) is 2.36. The molecule has 1 heterocycles. The van der Waals surface area contributed by atoms with Crippen LogP contribution in [-0.2, 0) is 0 Å². The molecule has 0 spiro atoms. The molecule has 0 radical (unpaired) electrons. The Hall–Kier alpha value is -1.32. The lowest BCUT2D eigenvalue weighted by atomic mass is 10.0. The van der Waals surface area contributed by atoms with Gasteiger partial charge in [0, 0.05) is 16.8 Å². The minimum Gasteiger partial charge on any atom is -0.320 e. The number of aromatic amines is 1. The van der Waals surface area contributed by atoms with Crippen LogP contribution in [0.5, 0.6) is 0 Å². The quantitative estimate of drug-likeness (QED) is 0.793. The summed E-state index contributed by atoms with van der Waals surface area (Å²) in [4.78, 5) is 0. The summed E-state index contributed by atoms with van der Waals surface area (Å²) in [5.74, 6) is 0. The highest BCUT2D eigenvalue weighted by Crippen LogP contribution is 2.19. The second-order valence-corrected chi connectivity index (χ2v) is 3.50. The zero-order valence-electron chi connectivity index (χ0n) is 7.44. The van der Waals surface area contributed by atoms with Crippen LogP contribution in [0.3, 0.4) is 0 Å². The van der Waals surface area contributed by atoms with E-state index < -0.39 is 0 Å². The predicted molar refractivity (Wildman–Crippen MR) is 56.1 cm³/mol. The number of hydrogen-bond donors (Lipinski definition) is 2. The van der Waals surface area contributed by atoms with E-state index in [9.17, 15) is 0 Å². The van der Waals surface area contributed by atoms with Crippen molar-refractivity contribution in [3.63, 3.8) is 0 Å². The zero-order chi connectivity index (χ0) is 9.97. The molecule has 1 aromatic carbocycles. The third kappa shape index (κ3) is 1.78. The fourth-order valence-electron chi connectivity index (χ4n) is 1.29. The summed E-state index contributed by atoms with van der Waals surface area (Å²) in [5, 5.41) is 7.31. The molecule has 0 saturated carbocycles. The van der Waals surface area contributed by atoms with Crippen LogP contribution in [0.15, 0.2) is 36.7 Å². The Labute approximate surface area is 86.9 Å². The lowest BCUT2D eigenvalue weighted by molar-refractivity contribution is 0.873. The first-order valence-electron chi connectivity index (χ1n) is 4.27. The maximum absolute atomic E-state index is 6.01. The van der Waals surface area contributed by atoms with Crippen molar-refractivity contribution in [1.29, 1.82) is 0 Å². The van der Waals surface area contributed by atoms with Crippen LogP contribution in [0.1, 0.15) is 17.2 Å². The Morgan fingerprint density at radius 3 is 2.50 bits per heavy atom. The van der Waals surface area contributed by atoms with Crippen molar-refractivity contribution in [3.05, 3.63) is 52.8 Å². The number of hydrogen-bond acceptors (Lipinski definition) is 2. The Morgan fingerprint density at radius 1 is 1.21 bits per heavy atom. The molecule has 72 valence electrons. The summed E-state index contributed by atoms with van der Waals surface area (Å²) < 4.78 is 0. The lowest BCUT2D eigenvalue weighted by Crippen LogP contribution is -2.10. The van der Waals surface area contributed by atoms with Crippen molar-refractivity contribution < 1.29 is 0 Å². The van der Waals surface area contributed by atoms with Crippen LogP contribution in [0.4, 0.5) is 0 Å². The SMILES string of the molecule is NC(c1ccc(Cl)cc1)c1cn[nH]c1. The second-order valence-electron chi connectivity index (χ2n) is 3.06. The summed E-state index contributed by atoms with van der Waals surface area (Å²) >= 11 is 5.78. The van der Waals surface area contributed by atoms with Gasteiger partial charge in [-0.2, -0.15) is 5.10 Å².